The number of aromatic nitrogens is 1. The van der Waals surface area contributed by atoms with Gasteiger partial charge in [-0.15, -0.1) is 6.58 Å². The Kier molecular flexibility index (Phi) is 3.51. The fourth-order valence-electron chi connectivity index (χ4n) is 1.28. The maximum atomic E-state index is 11.6. The highest BCUT2D eigenvalue weighted by Gasteiger charge is 2.10. The molecule has 76 valence electrons. The van der Waals surface area contributed by atoms with Crippen LogP contribution in [0.4, 0.5) is 0 Å². The number of ketones is 1. The Hall–Kier alpha value is -1.51. The number of allylic oxidation sites excluding steroid dienone is 1. The molecular weight excluding hydrogens is 178 g/mol. The third-order valence-corrected chi connectivity index (χ3v) is 2.08. The summed E-state index contributed by atoms with van der Waals surface area (Å²) in [5.41, 5.74) is 0.684. The molecule has 0 aliphatic carbocycles. The van der Waals surface area contributed by atoms with Gasteiger partial charge in [0.05, 0.1) is 12.8 Å². The minimum Gasteiger partial charge on any atom is -0.495 e. The average Bonchev–Trinajstić information content (AvgIpc) is 2.56. The fraction of sp³-hybridized carbons (Fsp3) is 0.364. The average molecular weight is 193 g/mol. The van der Waals surface area contributed by atoms with Crippen LogP contribution < -0.4 is 4.74 Å². The van der Waals surface area contributed by atoms with Crippen LogP contribution in [0.5, 0.6) is 5.75 Å². The quantitative estimate of drug-likeness (QED) is 0.530. The predicted octanol–water partition coefficient (Wildman–Crippen LogP) is 2.18. The van der Waals surface area contributed by atoms with E-state index in [1.807, 2.05) is 7.05 Å². The van der Waals surface area contributed by atoms with Crippen molar-refractivity contribution in [1.82, 2.24) is 4.57 Å². The minimum absolute atomic E-state index is 0.121. The number of hydrogen-bond donors (Lipinski definition) is 0. The minimum atomic E-state index is 0.121. The van der Waals surface area contributed by atoms with Crippen molar-refractivity contribution >= 4 is 5.78 Å². The van der Waals surface area contributed by atoms with Crippen LogP contribution in [0.25, 0.3) is 0 Å². The van der Waals surface area contributed by atoms with E-state index in [-0.39, 0.29) is 5.78 Å². The van der Waals surface area contributed by atoms with E-state index in [1.54, 1.807) is 30.0 Å². The molecule has 1 rings (SSSR count). The number of Topliss-reactive ketones (excluding diaryl/α,β-unsaturated/α-hetero) is 1. The Balaban J connectivity index is 2.78. The standard InChI is InChI=1S/C11H15NO2/c1-4-5-6-11(13)10-7-9(14-3)8-12(10)2/h4,7-8H,1,5-6H2,2-3H3. The van der Waals surface area contributed by atoms with Crippen LogP contribution in [0.3, 0.4) is 0 Å². The molecule has 0 atom stereocenters. The second-order valence-electron chi connectivity index (χ2n) is 3.13. The maximum Gasteiger partial charge on any atom is 0.179 e. The molecule has 0 radical (unpaired) electrons. The van der Waals surface area contributed by atoms with Crippen molar-refractivity contribution in [2.75, 3.05) is 7.11 Å². The number of rotatable bonds is 5. The van der Waals surface area contributed by atoms with E-state index in [0.717, 1.165) is 5.75 Å². The van der Waals surface area contributed by atoms with E-state index in [4.69, 9.17) is 4.74 Å². The molecule has 0 bridgehead atoms. The molecule has 1 aromatic heterocycles. The molecule has 0 unspecified atom stereocenters. The van der Waals surface area contributed by atoms with Crippen LogP contribution in [0.2, 0.25) is 0 Å². The Morgan fingerprint density at radius 3 is 2.93 bits per heavy atom. The van der Waals surface area contributed by atoms with E-state index in [1.165, 1.54) is 0 Å². The van der Waals surface area contributed by atoms with E-state index in [0.29, 0.717) is 18.5 Å². The summed E-state index contributed by atoms with van der Waals surface area (Å²) in [6.45, 7) is 3.59. The Morgan fingerprint density at radius 2 is 2.43 bits per heavy atom. The van der Waals surface area contributed by atoms with Gasteiger partial charge in [0.2, 0.25) is 0 Å². The lowest BCUT2D eigenvalue weighted by atomic mass is 10.1. The van der Waals surface area contributed by atoms with Crippen molar-refractivity contribution in [2.45, 2.75) is 12.8 Å². The topological polar surface area (TPSA) is 31.2 Å². The highest BCUT2D eigenvalue weighted by Crippen LogP contribution is 2.16. The number of methoxy groups -OCH3 is 1. The van der Waals surface area contributed by atoms with Gasteiger partial charge in [-0.1, -0.05) is 6.08 Å². The summed E-state index contributed by atoms with van der Waals surface area (Å²) in [6.07, 6.45) is 4.76. The summed E-state index contributed by atoms with van der Waals surface area (Å²) in [5.74, 6) is 0.838. The number of ether oxygens (including phenoxy) is 1. The zero-order valence-corrected chi connectivity index (χ0v) is 8.62. The van der Waals surface area contributed by atoms with Gasteiger partial charge in [0.1, 0.15) is 5.75 Å². The summed E-state index contributed by atoms with van der Waals surface area (Å²) >= 11 is 0. The van der Waals surface area contributed by atoms with Crippen LogP contribution in [-0.2, 0) is 7.05 Å². The second kappa shape index (κ2) is 4.65. The molecule has 0 spiro atoms. The molecule has 3 heteroatoms. The number of aryl methyl sites for hydroxylation is 1. The van der Waals surface area contributed by atoms with Crippen LogP contribution in [-0.4, -0.2) is 17.5 Å². The Bertz CT molecular complexity index is 339. The Morgan fingerprint density at radius 1 is 1.71 bits per heavy atom. The van der Waals surface area contributed by atoms with Crippen molar-refractivity contribution in [3.63, 3.8) is 0 Å². The molecule has 3 nitrogen and oxygen atoms in total. The van der Waals surface area contributed by atoms with Crippen LogP contribution in [0.15, 0.2) is 24.9 Å². The molecule has 1 heterocycles. The Labute approximate surface area is 84.0 Å². The first-order chi connectivity index (χ1) is 6.69. The van der Waals surface area contributed by atoms with Gasteiger partial charge in [-0.25, -0.2) is 0 Å². The molecule has 0 saturated heterocycles. The zero-order chi connectivity index (χ0) is 10.6. The lowest BCUT2D eigenvalue weighted by Crippen LogP contribution is -2.04. The van der Waals surface area contributed by atoms with Gasteiger partial charge in [-0.2, -0.15) is 0 Å². The summed E-state index contributed by atoms with van der Waals surface area (Å²) in [7, 11) is 3.43. The SMILES string of the molecule is C=CCCC(=O)c1cc(OC)cn1C. The van der Waals surface area contributed by atoms with Gasteiger partial charge in [-0.3, -0.25) is 4.79 Å². The largest absolute Gasteiger partial charge is 0.495 e. The summed E-state index contributed by atoms with van der Waals surface area (Å²) in [6, 6.07) is 1.76. The number of nitrogens with zero attached hydrogens (tertiary/aromatic N) is 1. The molecule has 0 aliphatic rings. The van der Waals surface area contributed by atoms with Crippen LogP contribution in [0.1, 0.15) is 23.3 Å². The predicted molar refractivity (Wildman–Crippen MR) is 55.7 cm³/mol. The van der Waals surface area contributed by atoms with Crippen LogP contribution in [0, 0.1) is 0 Å². The fourth-order valence-corrected chi connectivity index (χ4v) is 1.28. The number of hydrogen-bond acceptors (Lipinski definition) is 2. The monoisotopic (exact) mass is 193 g/mol. The van der Waals surface area contributed by atoms with Crippen molar-refractivity contribution in [3.8, 4) is 5.75 Å². The summed E-state index contributed by atoms with van der Waals surface area (Å²) in [4.78, 5) is 11.6. The molecule has 0 amide bonds. The van der Waals surface area contributed by atoms with E-state index in [2.05, 4.69) is 6.58 Å². The lowest BCUT2D eigenvalue weighted by molar-refractivity contribution is 0.0976. The molecule has 0 aromatic carbocycles. The summed E-state index contributed by atoms with van der Waals surface area (Å²) in [5, 5.41) is 0. The third-order valence-electron chi connectivity index (χ3n) is 2.08. The normalized spacial score (nSPS) is 9.86. The molecular formula is C11H15NO2. The number of carbonyl (C=O) groups excluding carboxylic acids is 1. The van der Waals surface area contributed by atoms with Gasteiger partial charge in [0.15, 0.2) is 5.78 Å². The highest BCUT2D eigenvalue weighted by atomic mass is 16.5. The van der Waals surface area contributed by atoms with E-state index < -0.39 is 0 Å². The van der Waals surface area contributed by atoms with Crippen molar-refractivity contribution in [2.24, 2.45) is 7.05 Å². The molecule has 0 fully saturated rings. The van der Waals surface area contributed by atoms with Crippen LogP contribution >= 0.6 is 0 Å². The molecule has 1 aromatic rings. The summed E-state index contributed by atoms with van der Waals surface area (Å²) < 4.78 is 6.82. The first-order valence-corrected chi connectivity index (χ1v) is 4.53. The first-order valence-electron chi connectivity index (χ1n) is 4.53. The second-order valence-corrected chi connectivity index (χ2v) is 3.13. The van der Waals surface area contributed by atoms with Gasteiger partial charge < -0.3 is 9.30 Å². The molecule has 14 heavy (non-hydrogen) atoms. The van der Waals surface area contributed by atoms with Crippen molar-refractivity contribution < 1.29 is 9.53 Å². The first kappa shape index (κ1) is 10.6. The lowest BCUT2D eigenvalue weighted by Gasteiger charge is -1.99. The van der Waals surface area contributed by atoms with Gasteiger partial charge in [0, 0.05) is 25.7 Å². The van der Waals surface area contributed by atoms with E-state index >= 15 is 0 Å². The van der Waals surface area contributed by atoms with Crippen molar-refractivity contribution in [1.29, 1.82) is 0 Å². The van der Waals surface area contributed by atoms with Gasteiger partial charge in [-0.05, 0) is 6.42 Å². The molecule has 0 aliphatic heterocycles. The number of carbonyl (C=O) groups is 1. The van der Waals surface area contributed by atoms with Gasteiger partial charge >= 0.3 is 0 Å². The smallest absolute Gasteiger partial charge is 0.179 e. The highest BCUT2D eigenvalue weighted by molar-refractivity contribution is 5.95. The zero-order valence-electron chi connectivity index (χ0n) is 8.62. The van der Waals surface area contributed by atoms with Crippen molar-refractivity contribution in [3.05, 3.63) is 30.6 Å². The van der Waals surface area contributed by atoms with Gasteiger partial charge in [0.25, 0.3) is 0 Å². The third kappa shape index (κ3) is 2.25. The molecule has 0 N–H and O–H groups in total. The van der Waals surface area contributed by atoms with E-state index in [9.17, 15) is 4.79 Å². The maximum absolute atomic E-state index is 11.6. The molecule has 0 saturated carbocycles.